The Morgan fingerprint density at radius 3 is 2.22 bits per heavy atom. The number of aromatic nitrogens is 2. The number of carbonyl (C=O) groups excluding carboxylic acids is 2. The van der Waals surface area contributed by atoms with E-state index in [-0.39, 0.29) is 17.8 Å². The highest BCUT2D eigenvalue weighted by molar-refractivity contribution is 5.91. The Morgan fingerprint density at radius 2 is 1.64 bits per heavy atom. The molecule has 4 rings (SSSR count). The third-order valence-electron chi connectivity index (χ3n) is 7.80. The van der Waals surface area contributed by atoms with Crippen molar-refractivity contribution in [3.63, 3.8) is 0 Å². The van der Waals surface area contributed by atoms with Crippen molar-refractivity contribution in [1.29, 1.82) is 0 Å². The molecule has 2 aromatic carbocycles. The van der Waals surface area contributed by atoms with Gasteiger partial charge in [0.05, 0.1) is 13.2 Å². The number of esters is 1. The Kier molecular flexibility index (Phi) is 8.24. The summed E-state index contributed by atoms with van der Waals surface area (Å²) in [4.78, 5) is 24.2. The van der Waals surface area contributed by atoms with E-state index in [1.807, 2.05) is 60.7 Å². The highest BCUT2D eigenvalue weighted by Gasteiger charge is 2.51. The first kappa shape index (κ1) is 25.7. The first-order valence-corrected chi connectivity index (χ1v) is 13.1. The molecule has 6 heteroatoms. The molecule has 0 unspecified atom stereocenters. The zero-order valence-electron chi connectivity index (χ0n) is 21.4. The fraction of sp³-hybridized carbons (Fsp3) is 0.433. The number of nitrogens with zero attached hydrogens (tertiary/aromatic N) is 2. The molecule has 1 fully saturated rings. The van der Waals surface area contributed by atoms with Crippen LogP contribution in [-0.2, 0) is 26.3 Å². The highest BCUT2D eigenvalue weighted by atomic mass is 16.5. The predicted octanol–water partition coefficient (Wildman–Crippen LogP) is 4.63. The van der Waals surface area contributed by atoms with Crippen molar-refractivity contribution in [2.45, 2.75) is 70.4 Å². The van der Waals surface area contributed by atoms with Crippen molar-refractivity contribution < 1.29 is 18.9 Å². The van der Waals surface area contributed by atoms with Gasteiger partial charge in [0.1, 0.15) is 23.9 Å². The van der Waals surface area contributed by atoms with E-state index in [2.05, 4.69) is 28.5 Å². The fourth-order valence-electron chi connectivity index (χ4n) is 6.05. The largest absolute Gasteiger partial charge is 0.466 e. The molecule has 2 N–H and O–H groups in total. The average Bonchev–Trinajstić information content (AvgIpc) is 3.50. The molecule has 0 spiro atoms. The summed E-state index contributed by atoms with van der Waals surface area (Å²) < 4.78 is 9.70. The summed E-state index contributed by atoms with van der Waals surface area (Å²) in [5.74, 6) is 0.844. The topological polar surface area (TPSA) is 78.2 Å². The van der Waals surface area contributed by atoms with Gasteiger partial charge in [-0.15, -0.1) is 0 Å². The number of amides is 1. The number of carbonyl (C=O) groups is 2. The Balaban J connectivity index is 1.51. The van der Waals surface area contributed by atoms with Gasteiger partial charge in [-0.3, -0.25) is 9.59 Å². The SMILES string of the molecule is CC(=O)OCCCCC[n+]1ccn([C@@H]2CC[C@H](C(C(N)=O)(c3ccccc3)c3ccccc3)C2)c1C. The number of aryl methyl sites for hydroxylation is 1. The number of unbranched alkanes of at least 4 members (excludes halogenated alkanes) is 2. The second-order valence-corrected chi connectivity index (χ2v) is 9.91. The Hall–Kier alpha value is -3.41. The van der Waals surface area contributed by atoms with E-state index in [1.54, 1.807) is 0 Å². The molecule has 1 heterocycles. The molecule has 2 atom stereocenters. The summed E-state index contributed by atoms with van der Waals surface area (Å²) >= 11 is 0. The molecular formula is C30H38N3O3+. The molecule has 1 aliphatic rings. The number of ether oxygens (including phenoxy) is 1. The van der Waals surface area contributed by atoms with E-state index in [0.717, 1.165) is 56.2 Å². The molecule has 0 radical (unpaired) electrons. The van der Waals surface area contributed by atoms with Gasteiger partial charge in [0, 0.05) is 13.8 Å². The number of imidazole rings is 1. The first-order chi connectivity index (χ1) is 17.4. The second kappa shape index (κ2) is 11.5. The molecule has 3 aromatic rings. The molecule has 1 amide bonds. The lowest BCUT2D eigenvalue weighted by molar-refractivity contribution is -0.703. The second-order valence-electron chi connectivity index (χ2n) is 9.91. The summed E-state index contributed by atoms with van der Waals surface area (Å²) in [6, 6.07) is 20.4. The predicted molar refractivity (Wildman–Crippen MR) is 139 cm³/mol. The quantitative estimate of drug-likeness (QED) is 0.243. The van der Waals surface area contributed by atoms with Crippen LogP contribution in [0, 0.1) is 12.8 Å². The summed E-state index contributed by atoms with van der Waals surface area (Å²) in [5, 5.41) is 0. The van der Waals surface area contributed by atoms with Crippen molar-refractivity contribution in [2.24, 2.45) is 11.7 Å². The van der Waals surface area contributed by atoms with E-state index in [1.165, 1.54) is 12.7 Å². The Bertz CT molecular complexity index is 1120. The van der Waals surface area contributed by atoms with Crippen LogP contribution in [0.15, 0.2) is 73.1 Å². The molecule has 6 nitrogen and oxygen atoms in total. The fourth-order valence-corrected chi connectivity index (χ4v) is 6.05. The van der Waals surface area contributed by atoms with E-state index in [0.29, 0.717) is 12.6 Å². The third-order valence-corrected chi connectivity index (χ3v) is 7.80. The molecule has 1 aromatic heterocycles. The zero-order chi connectivity index (χ0) is 25.5. The maximum absolute atomic E-state index is 13.3. The van der Waals surface area contributed by atoms with Gasteiger partial charge in [-0.05, 0) is 55.6 Å². The number of nitrogens with two attached hydrogens (primary N) is 1. The lowest BCUT2D eigenvalue weighted by atomic mass is 9.64. The number of hydrogen-bond acceptors (Lipinski definition) is 3. The van der Waals surface area contributed by atoms with Gasteiger partial charge in [0.2, 0.25) is 5.91 Å². The molecule has 190 valence electrons. The summed E-state index contributed by atoms with van der Waals surface area (Å²) in [6.45, 7) is 5.05. The minimum atomic E-state index is -0.851. The maximum Gasteiger partial charge on any atom is 0.302 e. The molecule has 1 aliphatic carbocycles. The summed E-state index contributed by atoms with van der Waals surface area (Å²) in [7, 11) is 0. The third kappa shape index (κ3) is 5.23. The van der Waals surface area contributed by atoms with E-state index >= 15 is 0 Å². The minimum absolute atomic E-state index is 0.112. The monoisotopic (exact) mass is 488 g/mol. The first-order valence-electron chi connectivity index (χ1n) is 13.1. The number of benzene rings is 2. The van der Waals surface area contributed by atoms with Crippen molar-refractivity contribution in [2.75, 3.05) is 6.61 Å². The van der Waals surface area contributed by atoms with Crippen LogP contribution in [0.5, 0.6) is 0 Å². The van der Waals surface area contributed by atoms with Crippen molar-refractivity contribution in [3.05, 3.63) is 90.0 Å². The molecule has 0 saturated heterocycles. The summed E-state index contributed by atoms with van der Waals surface area (Å²) in [5.41, 5.74) is 7.36. The number of rotatable bonds is 11. The van der Waals surface area contributed by atoms with Crippen LogP contribution in [0.25, 0.3) is 0 Å². The van der Waals surface area contributed by atoms with E-state index in [4.69, 9.17) is 10.5 Å². The zero-order valence-corrected chi connectivity index (χ0v) is 21.4. The number of primary amides is 1. The maximum atomic E-state index is 13.3. The standard InChI is InChI=1S/C30H37N3O3/c1-23-32(18-10-5-11-21-36-24(2)34)19-20-33(23)28-17-16-27(22-28)30(29(31)35,25-12-6-3-7-13-25)26-14-8-4-9-15-26/h3-4,6-9,12-15,19-20,27-28H,5,10-11,16-18,21-22H2,1-2H3,(H-,31,35)/p+1/t27-,28+/m0/s1. The van der Waals surface area contributed by atoms with E-state index < -0.39 is 5.41 Å². The summed E-state index contributed by atoms with van der Waals surface area (Å²) in [6.07, 6.45) is 10.1. The average molecular weight is 489 g/mol. The van der Waals surface area contributed by atoms with Crippen LogP contribution in [0.2, 0.25) is 0 Å². The molecular weight excluding hydrogens is 450 g/mol. The highest BCUT2D eigenvalue weighted by Crippen LogP contribution is 2.49. The van der Waals surface area contributed by atoms with Crippen molar-refractivity contribution >= 4 is 11.9 Å². The van der Waals surface area contributed by atoms with Crippen LogP contribution in [0.1, 0.15) is 68.4 Å². The molecule has 0 bridgehead atoms. The van der Waals surface area contributed by atoms with Crippen LogP contribution < -0.4 is 10.3 Å². The number of hydrogen-bond donors (Lipinski definition) is 1. The van der Waals surface area contributed by atoms with Crippen LogP contribution >= 0.6 is 0 Å². The van der Waals surface area contributed by atoms with Gasteiger partial charge in [-0.1, -0.05) is 60.7 Å². The molecule has 36 heavy (non-hydrogen) atoms. The van der Waals surface area contributed by atoms with Crippen molar-refractivity contribution in [1.82, 2.24) is 4.57 Å². The Labute approximate surface area is 214 Å². The van der Waals surface area contributed by atoms with Gasteiger partial charge < -0.3 is 10.5 Å². The van der Waals surface area contributed by atoms with Crippen LogP contribution in [-0.4, -0.2) is 23.1 Å². The normalized spacial score (nSPS) is 17.7. The van der Waals surface area contributed by atoms with E-state index in [9.17, 15) is 9.59 Å². The smallest absolute Gasteiger partial charge is 0.302 e. The van der Waals surface area contributed by atoms with Gasteiger partial charge >= 0.3 is 5.97 Å². The lowest BCUT2D eigenvalue weighted by Crippen LogP contribution is -2.47. The van der Waals surface area contributed by atoms with Gasteiger partial charge in [-0.2, -0.15) is 0 Å². The molecule has 1 saturated carbocycles. The van der Waals surface area contributed by atoms with Crippen LogP contribution in [0.4, 0.5) is 0 Å². The minimum Gasteiger partial charge on any atom is -0.466 e. The van der Waals surface area contributed by atoms with Crippen molar-refractivity contribution in [3.8, 4) is 0 Å². The molecule has 0 aliphatic heterocycles. The van der Waals surface area contributed by atoms with Gasteiger partial charge in [0.15, 0.2) is 0 Å². The van der Waals surface area contributed by atoms with Crippen LogP contribution in [0.3, 0.4) is 0 Å². The van der Waals surface area contributed by atoms with Gasteiger partial charge in [0.25, 0.3) is 5.82 Å². The van der Waals surface area contributed by atoms with Gasteiger partial charge in [-0.25, -0.2) is 9.13 Å². The Morgan fingerprint density at radius 1 is 1.00 bits per heavy atom. The lowest BCUT2D eigenvalue weighted by Gasteiger charge is -2.37.